The summed E-state index contributed by atoms with van der Waals surface area (Å²) in [7, 11) is 0. The number of halogens is 1. The van der Waals surface area contributed by atoms with Gasteiger partial charge in [0, 0.05) is 38.8 Å². The molecule has 1 saturated heterocycles. The highest BCUT2D eigenvalue weighted by Crippen LogP contribution is 2.09. The normalized spacial score (nSPS) is 15.1. The SMILES string of the molecule is O=C(/C=C/c1ccc(F)cc1)NC(=S)N1CCN(Cc2ccccc2)CC1. The molecule has 1 heterocycles. The first-order valence-electron chi connectivity index (χ1n) is 8.90. The van der Waals surface area contributed by atoms with Gasteiger partial charge < -0.3 is 4.90 Å². The fraction of sp³-hybridized carbons (Fsp3) is 0.238. The second-order valence-corrected chi connectivity index (χ2v) is 6.81. The van der Waals surface area contributed by atoms with E-state index < -0.39 is 0 Å². The lowest BCUT2D eigenvalue weighted by Gasteiger charge is -2.35. The first-order chi connectivity index (χ1) is 13.1. The van der Waals surface area contributed by atoms with Crippen LogP contribution in [0, 0.1) is 5.82 Å². The van der Waals surface area contributed by atoms with Crippen molar-refractivity contribution in [3.8, 4) is 0 Å². The summed E-state index contributed by atoms with van der Waals surface area (Å²) in [5.41, 5.74) is 2.06. The smallest absolute Gasteiger partial charge is 0.250 e. The Labute approximate surface area is 164 Å². The summed E-state index contributed by atoms with van der Waals surface area (Å²) in [4.78, 5) is 16.4. The van der Waals surface area contributed by atoms with Gasteiger partial charge in [0.05, 0.1) is 0 Å². The molecule has 1 aliphatic heterocycles. The molecule has 6 heteroatoms. The fourth-order valence-corrected chi connectivity index (χ4v) is 3.21. The Bertz CT molecular complexity index is 800. The molecule has 1 aliphatic rings. The highest BCUT2D eigenvalue weighted by atomic mass is 32.1. The minimum atomic E-state index is -0.302. The van der Waals surface area contributed by atoms with Gasteiger partial charge in [-0.15, -0.1) is 0 Å². The number of hydrogen-bond acceptors (Lipinski definition) is 3. The van der Waals surface area contributed by atoms with Crippen molar-refractivity contribution in [2.45, 2.75) is 6.54 Å². The van der Waals surface area contributed by atoms with E-state index >= 15 is 0 Å². The molecular formula is C21H22FN3OS. The molecule has 2 aromatic rings. The maximum Gasteiger partial charge on any atom is 0.250 e. The van der Waals surface area contributed by atoms with Crippen molar-refractivity contribution >= 4 is 29.3 Å². The maximum atomic E-state index is 12.9. The van der Waals surface area contributed by atoms with Crippen LogP contribution in [0.3, 0.4) is 0 Å². The van der Waals surface area contributed by atoms with Gasteiger partial charge in [0.2, 0.25) is 5.91 Å². The lowest BCUT2D eigenvalue weighted by Crippen LogP contribution is -2.52. The van der Waals surface area contributed by atoms with Gasteiger partial charge in [-0.3, -0.25) is 15.0 Å². The quantitative estimate of drug-likeness (QED) is 0.650. The molecule has 1 fully saturated rings. The van der Waals surface area contributed by atoms with E-state index in [4.69, 9.17) is 12.2 Å². The van der Waals surface area contributed by atoms with Crippen molar-refractivity contribution in [3.05, 3.63) is 77.6 Å². The van der Waals surface area contributed by atoms with E-state index in [9.17, 15) is 9.18 Å². The topological polar surface area (TPSA) is 35.6 Å². The standard InChI is InChI=1S/C21H22FN3OS/c22-19-9-6-17(7-10-19)8-11-20(26)23-21(27)25-14-12-24(13-15-25)16-18-4-2-1-3-5-18/h1-11H,12-16H2,(H,23,26,27)/b11-8+. The summed E-state index contributed by atoms with van der Waals surface area (Å²) < 4.78 is 12.9. The highest BCUT2D eigenvalue weighted by molar-refractivity contribution is 7.80. The Kier molecular flexibility index (Phi) is 6.68. The number of amides is 1. The summed E-state index contributed by atoms with van der Waals surface area (Å²) in [6, 6.07) is 16.3. The van der Waals surface area contributed by atoms with Crippen molar-refractivity contribution in [2.75, 3.05) is 26.2 Å². The maximum absolute atomic E-state index is 12.9. The number of rotatable bonds is 4. The number of nitrogens with zero attached hydrogens (tertiary/aromatic N) is 2. The lowest BCUT2D eigenvalue weighted by atomic mass is 10.2. The molecule has 0 spiro atoms. The second-order valence-electron chi connectivity index (χ2n) is 6.43. The molecule has 0 bridgehead atoms. The third-order valence-corrected chi connectivity index (χ3v) is 4.80. The molecule has 0 unspecified atom stereocenters. The molecular weight excluding hydrogens is 361 g/mol. The second kappa shape index (κ2) is 9.39. The van der Waals surface area contributed by atoms with Crippen molar-refractivity contribution in [1.29, 1.82) is 0 Å². The number of hydrogen-bond donors (Lipinski definition) is 1. The summed E-state index contributed by atoms with van der Waals surface area (Å²) >= 11 is 5.36. The number of nitrogens with one attached hydrogen (secondary N) is 1. The van der Waals surface area contributed by atoms with Gasteiger partial charge in [0.25, 0.3) is 0 Å². The van der Waals surface area contributed by atoms with E-state index in [0.29, 0.717) is 5.11 Å². The molecule has 3 rings (SSSR count). The summed E-state index contributed by atoms with van der Waals surface area (Å²) in [6.07, 6.45) is 3.04. The van der Waals surface area contributed by atoms with Crippen LogP contribution >= 0.6 is 12.2 Å². The Morgan fingerprint density at radius 1 is 1.04 bits per heavy atom. The van der Waals surface area contributed by atoms with E-state index in [0.717, 1.165) is 38.3 Å². The van der Waals surface area contributed by atoms with Gasteiger partial charge in [-0.05, 0) is 41.6 Å². The molecule has 0 aromatic heterocycles. The Morgan fingerprint density at radius 3 is 2.37 bits per heavy atom. The van der Waals surface area contributed by atoms with Crippen LogP contribution in [-0.4, -0.2) is 47.0 Å². The third-order valence-electron chi connectivity index (χ3n) is 4.44. The number of carbonyl (C=O) groups is 1. The van der Waals surface area contributed by atoms with Crippen LogP contribution in [0.15, 0.2) is 60.7 Å². The first-order valence-corrected chi connectivity index (χ1v) is 9.31. The zero-order valence-electron chi connectivity index (χ0n) is 15.0. The molecule has 0 atom stereocenters. The number of benzene rings is 2. The molecule has 0 aliphatic carbocycles. The van der Waals surface area contributed by atoms with Crippen molar-refractivity contribution in [2.24, 2.45) is 0 Å². The molecule has 2 aromatic carbocycles. The van der Waals surface area contributed by atoms with Gasteiger partial charge in [-0.1, -0.05) is 42.5 Å². The Morgan fingerprint density at radius 2 is 1.70 bits per heavy atom. The Hall–Kier alpha value is -2.57. The molecule has 1 N–H and O–H groups in total. The van der Waals surface area contributed by atoms with Gasteiger partial charge in [-0.2, -0.15) is 0 Å². The molecule has 0 saturated carbocycles. The van der Waals surface area contributed by atoms with Gasteiger partial charge in [0.15, 0.2) is 5.11 Å². The summed E-state index contributed by atoms with van der Waals surface area (Å²) in [5, 5.41) is 3.18. The van der Waals surface area contributed by atoms with Crippen LogP contribution in [0.1, 0.15) is 11.1 Å². The zero-order chi connectivity index (χ0) is 19.1. The van der Waals surface area contributed by atoms with Gasteiger partial charge in [-0.25, -0.2) is 4.39 Å². The van der Waals surface area contributed by atoms with Crippen molar-refractivity contribution in [3.63, 3.8) is 0 Å². The van der Waals surface area contributed by atoms with Gasteiger partial charge in [0.1, 0.15) is 5.82 Å². The van der Waals surface area contributed by atoms with E-state index in [1.807, 2.05) is 11.0 Å². The van der Waals surface area contributed by atoms with E-state index in [1.54, 1.807) is 18.2 Å². The minimum Gasteiger partial charge on any atom is -0.346 e. The summed E-state index contributed by atoms with van der Waals surface area (Å²) in [5.74, 6) is -0.583. The van der Waals surface area contributed by atoms with E-state index in [1.165, 1.54) is 23.8 Å². The van der Waals surface area contributed by atoms with E-state index in [2.05, 4.69) is 34.5 Å². The largest absolute Gasteiger partial charge is 0.346 e. The van der Waals surface area contributed by atoms with Crippen LogP contribution in [-0.2, 0) is 11.3 Å². The third kappa shape index (κ3) is 5.98. The van der Waals surface area contributed by atoms with Crippen LogP contribution in [0.4, 0.5) is 4.39 Å². The monoisotopic (exact) mass is 383 g/mol. The minimum absolute atomic E-state index is 0.281. The van der Waals surface area contributed by atoms with Crippen LogP contribution in [0.5, 0.6) is 0 Å². The highest BCUT2D eigenvalue weighted by Gasteiger charge is 2.19. The van der Waals surface area contributed by atoms with Crippen LogP contribution < -0.4 is 5.32 Å². The lowest BCUT2D eigenvalue weighted by molar-refractivity contribution is -0.115. The Balaban J connectivity index is 1.43. The van der Waals surface area contributed by atoms with Crippen LogP contribution in [0.25, 0.3) is 6.08 Å². The number of piperazine rings is 1. The van der Waals surface area contributed by atoms with Crippen molar-refractivity contribution in [1.82, 2.24) is 15.1 Å². The van der Waals surface area contributed by atoms with E-state index in [-0.39, 0.29) is 11.7 Å². The molecule has 140 valence electrons. The summed E-state index contributed by atoms with van der Waals surface area (Å²) in [6.45, 7) is 4.29. The zero-order valence-corrected chi connectivity index (χ0v) is 15.8. The van der Waals surface area contributed by atoms with Gasteiger partial charge >= 0.3 is 0 Å². The molecule has 27 heavy (non-hydrogen) atoms. The molecule has 4 nitrogen and oxygen atoms in total. The molecule has 0 radical (unpaired) electrons. The predicted molar refractivity (Wildman–Crippen MR) is 109 cm³/mol. The van der Waals surface area contributed by atoms with Crippen molar-refractivity contribution < 1.29 is 9.18 Å². The van der Waals surface area contributed by atoms with Crippen LogP contribution in [0.2, 0.25) is 0 Å². The molecule has 1 amide bonds. The predicted octanol–water partition coefficient (Wildman–Crippen LogP) is 3.06. The fourth-order valence-electron chi connectivity index (χ4n) is 2.92. The number of thiocarbonyl (C=S) groups is 1. The number of carbonyl (C=O) groups excluding carboxylic acids is 1. The first kappa shape index (κ1) is 19.2. The average Bonchev–Trinajstić information content (AvgIpc) is 2.69. The average molecular weight is 383 g/mol.